The number of methoxy groups -OCH3 is 1. The molecule has 3 aromatic heterocycles. The van der Waals surface area contributed by atoms with Crippen LogP contribution in [0.5, 0.6) is 5.75 Å². The lowest BCUT2D eigenvalue weighted by atomic mass is 10.2. The summed E-state index contributed by atoms with van der Waals surface area (Å²) >= 11 is 8.37. The fourth-order valence-electron chi connectivity index (χ4n) is 2.74. The van der Waals surface area contributed by atoms with Gasteiger partial charge in [0.2, 0.25) is 5.91 Å². The summed E-state index contributed by atoms with van der Waals surface area (Å²) in [4.78, 5) is 19.4. The molecule has 4 rings (SSSR count). The van der Waals surface area contributed by atoms with Gasteiger partial charge in [0.05, 0.1) is 17.7 Å². The molecule has 0 spiro atoms. The van der Waals surface area contributed by atoms with Crippen LogP contribution in [0.2, 0.25) is 0 Å². The summed E-state index contributed by atoms with van der Waals surface area (Å²) in [5, 5.41) is 12.4. The summed E-state index contributed by atoms with van der Waals surface area (Å²) in [5.41, 5.74) is 1.69. The first-order valence-electron chi connectivity index (χ1n) is 8.65. The molecule has 0 saturated heterocycles. The maximum Gasteiger partial charge on any atom is 0.246 e. The standard InChI is InChI=1S/C19H17N5O2S3/c1-11-3-8-15(29-11)14-10-28-18(20-14)21-16(25)9-24-17(22-23-19(24)27)12-4-6-13(26-2)7-5-12/h3-8,10H,9H2,1-2H3,(H,23,27)(H,20,21,25). The Morgan fingerprint density at radius 1 is 1.28 bits per heavy atom. The Labute approximate surface area is 180 Å². The second-order valence-electron chi connectivity index (χ2n) is 6.16. The highest BCUT2D eigenvalue weighted by Crippen LogP contribution is 2.30. The van der Waals surface area contributed by atoms with Crippen molar-refractivity contribution in [3.8, 4) is 27.7 Å². The number of rotatable bonds is 6. The molecule has 0 aliphatic rings. The number of nitrogens with one attached hydrogen (secondary N) is 2. The molecule has 4 aromatic rings. The van der Waals surface area contributed by atoms with Crippen LogP contribution < -0.4 is 10.1 Å². The lowest BCUT2D eigenvalue weighted by molar-refractivity contribution is -0.116. The molecule has 0 radical (unpaired) electrons. The number of aromatic amines is 1. The SMILES string of the molecule is COc1ccc(-c2n[nH]c(=S)n2CC(=O)Nc2nc(-c3ccc(C)s3)cs2)cc1. The van der Waals surface area contributed by atoms with E-state index >= 15 is 0 Å². The number of anilines is 1. The molecule has 0 bridgehead atoms. The lowest BCUT2D eigenvalue weighted by Gasteiger charge is -2.07. The van der Waals surface area contributed by atoms with Crippen molar-refractivity contribution >= 4 is 45.9 Å². The molecule has 1 amide bonds. The van der Waals surface area contributed by atoms with E-state index in [1.807, 2.05) is 35.7 Å². The number of hydrogen-bond acceptors (Lipinski definition) is 7. The zero-order chi connectivity index (χ0) is 20.4. The lowest BCUT2D eigenvalue weighted by Crippen LogP contribution is -2.19. The van der Waals surface area contributed by atoms with Gasteiger partial charge in [-0.05, 0) is 55.5 Å². The Morgan fingerprint density at radius 3 is 2.76 bits per heavy atom. The number of aromatic nitrogens is 4. The van der Waals surface area contributed by atoms with Gasteiger partial charge in [0.15, 0.2) is 15.7 Å². The van der Waals surface area contributed by atoms with Crippen LogP contribution in [0.3, 0.4) is 0 Å². The van der Waals surface area contributed by atoms with E-state index in [1.165, 1.54) is 16.2 Å². The predicted molar refractivity (Wildman–Crippen MR) is 118 cm³/mol. The quantitative estimate of drug-likeness (QED) is 0.420. The number of hydrogen-bond donors (Lipinski definition) is 2. The fourth-order valence-corrected chi connectivity index (χ4v) is 4.57. The number of benzene rings is 1. The highest BCUT2D eigenvalue weighted by atomic mass is 32.1. The third-order valence-corrected chi connectivity index (χ3v) is 6.24. The first kappa shape index (κ1) is 19.5. The summed E-state index contributed by atoms with van der Waals surface area (Å²) in [6.07, 6.45) is 0. The van der Waals surface area contributed by atoms with Crippen molar-refractivity contribution in [3.63, 3.8) is 0 Å². The summed E-state index contributed by atoms with van der Waals surface area (Å²) < 4.78 is 7.21. The molecule has 0 aliphatic carbocycles. The summed E-state index contributed by atoms with van der Waals surface area (Å²) in [7, 11) is 1.61. The van der Waals surface area contributed by atoms with E-state index in [0.29, 0.717) is 15.7 Å². The van der Waals surface area contributed by atoms with Gasteiger partial charge in [0.25, 0.3) is 0 Å². The van der Waals surface area contributed by atoms with Crippen molar-refractivity contribution < 1.29 is 9.53 Å². The molecule has 0 atom stereocenters. The van der Waals surface area contributed by atoms with Gasteiger partial charge in [-0.15, -0.1) is 22.7 Å². The highest BCUT2D eigenvalue weighted by Gasteiger charge is 2.14. The average molecular weight is 444 g/mol. The maximum absolute atomic E-state index is 12.6. The van der Waals surface area contributed by atoms with Crippen LogP contribution >= 0.6 is 34.9 Å². The van der Waals surface area contributed by atoms with Crippen LogP contribution in [0.15, 0.2) is 41.8 Å². The minimum Gasteiger partial charge on any atom is -0.497 e. The topological polar surface area (TPSA) is 84.8 Å². The first-order valence-corrected chi connectivity index (χ1v) is 10.8. The van der Waals surface area contributed by atoms with Crippen molar-refractivity contribution in [2.75, 3.05) is 12.4 Å². The van der Waals surface area contributed by atoms with Crippen LogP contribution in [0.4, 0.5) is 5.13 Å². The molecule has 3 heterocycles. The number of nitrogens with zero attached hydrogens (tertiary/aromatic N) is 3. The molecule has 1 aromatic carbocycles. The van der Waals surface area contributed by atoms with Crippen molar-refractivity contribution in [1.29, 1.82) is 0 Å². The Morgan fingerprint density at radius 2 is 2.07 bits per heavy atom. The number of amides is 1. The number of carbonyl (C=O) groups excluding carboxylic acids is 1. The largest absolute Gasteiger partial charge is 0.497 e. The second kappa shape index (κ2) is 8.27. The third-order valence-electron chi connectivity index (χ3n) is 4.15. The molecule has 7 nitrogen and oxygen atoms in total. The molecule has 0 aliphatic heterocycles. The Balaban J connectivity index is 1.50. The molecule has 2 N–H and O–H groups in total. The summed E-state index contributed by atoms with van der Waals surface area (Å²) in [6.45, 7) is 2.09. The van der Waals surface area contributed by atoms with E-state index in [4.69, 9.17) is 17.0 Å². The van der Waals surface area contributed by atoms with E-state index < -0.39 is 0 Å². The molecule has 0 fully saturated rings. The minimum absolute atomic E-state index is 0.0315. The normalized spacial score (nSPS) is 10.8. The van der Waals surface area contributed by atoms with Gasteiger partial charge in [0, 0.05) is 15.8 Å². The van der Waals surface area contributed by atoms with E-state index in [1.54, 1.807) is 23.0 Å². The summed E-state index contributed by atoms with van der Waals surface area (Å²) in [6, 6.07) is 11.5. The minimum atomic E-state index is -0.222. The average Bonchev–Trinajstić information content (AvgIpc) is 3.43. The molecule has 29 heavy (non-hydrogen) atoms. The van der Waals surface area contributed by atoms with Gasteiger partial charge >= 0.3 is 0 Å². The third kappa shape index (κ3) is 4.29. The number of carbonyl (C=O) groups is 1. The van der Waals surface area contributed by atoms with Gasteiger partial charge in [-0.1, -0.05) is 0 Å². The maximum atomic E-state index is 12.6. The number of H-pyrrole nitrogens is 1. The van der Waals surface area contributed by atoms with Crippen molar-refractivity contribution in [1.82, 2.24) is 19.7 Å². The first-order chi connectivity index (χ1) is 14.0. The molecule has 0 saturated carbocycles. The Hall–Kier alpha value is -2.82. The van der Waals surface area contributed by atoms with Crippen LogP contribution in [0.1, 0.15) is 4.88 Å². The van der Waals surface area contributed by atoms with Crippen molar-refractivity contribution in [2.24, 2.45) is 0 Å². The second-order valence-corrected chi connectivity index (χ2v) is 8.70. The molecule has 148 valence electrons. The van der Waals surface area contributed by atoms with Crippen LogP contribution in [-0.4, -0.2) is 32.8 Å². The van der Waals surface area contributed by atoms with E-state index in [0.717, 1.165) is 21.9 Å². The van der Waals surface area contributed by atoms with Gasteiger partial charge in [-0.3, -0.25) is 14.5 Å². The Kier molecular flexibility index (Phi) is 5.56. The number of thiophene rings is 1. The zero-order valence-corrected chi connectivity index (χ0v) is 18.1. The van der Waals surface area contributed by atoms with Crippen molar-refractivity contribution in [2.45, 2.75) is 13.5 Å². The van der Waals surface area contributed by atoms with Gasteiger partial charge in [-0.2, -0.15) is 5.10 Å². The van der Waals surface area contributed by atoms with Gasteiger partial charge in [-0.25, -0.2) is 4.98 Å². The highest BCUT2D eigenvalue weighted by molar-refractivity contribution is 7.71. The number of aryl methyl sites for hydroxylation is 1. The van der Waals surface area contributed by atoms with Crippen molar-refractivity contribution in [3.05, 3.63) is 51.4 Å². The predicted octanol–water partition coefficient (Wildman–Crippen LogP) is 4.75. The molecule has 10 heteroatoms. The Bertz CT molecular complexity index is 1200. The summed E-state index contributed by atoms with van der Waals surface area (Å²) in [5.74, 6) is 1.11. The van der Waals surface area contributed by atoms with Gasteiger partial charge < -0.3 is 10.1 Å². The zero-order valence-electron chi connectivity index (χ0n) is 15.6. The molecular weight excluding hydrogens is 426 g/mol. The monoisotopic (exact) mass is 443 g/mol. The number of thiazole rings is 1. The van der Waals surface area contributed by atoms with Crippen LogP contribution in [-0.2, 0) is 11.3 Å². The van der Waals surface area contributed by atoms with E-state index in [2.05, 4.69) is 33.5 Å². The fraction of sp³-hybridized carbons (Fsp3) is 0.158. The van der Waals surface area contributed by atoms with E-state index in [9.17, 15) is 4.79 Å². The molecular formula is C19H17N5O2S3. The number of ether oxygens (including phenoxy) is 1. The van der Waals surface area contributed by atoms with Gasteiger partial charge in [0.1, 0.15) is 12.3 Å². The molecule has 0 unspecified atom stereocenters. The van der Waals surface area contributed by atoms with E-state index in [-0.39, 0.29) is 12.5 Å². The smallest absolute Gasteiger partial charge is 0.246 e. The van der Waals surface area contributed by atoms with Crippen LogP contribution in [0, 0.1) is 11.7 Å². The van der Waals surface area contributed by atoms with Crippen LogP contribution in [0.25, 0.3) is 22.0 Å².